The summed E-state index contributed by atoms with van der Waals surface area (Å²) in [5.41, 5.74) is 1.06. The van der Waals surface area contributed by atoms with Crippen molar-refractivity contribution in [3.05, 3.63) is 42.0 Å². The van der Waals surface area contributed by atoms with Gasteiger partial charge < -0.3 is 5.11 Å². The monoisotopic (exact) mass is 300 g/mol. The number of para-hydroxylation sites is 1. The summed E-state index contributed by atoms with van der Waals surface area (Å²) < 4.78 is 0. The number of hydrogen-bond donors (Lipinski definition) is 1. The summed E-state index contributed by atoms with van der Waals surface area (Å²) in [4.78, 5) is 0. The molecule has 0 aliphatic heterocycles. The first kappa shape index (κ1) is 17.1. The Balaban J connectivity index is 1.62. The van der Waals surface area contributed by atoms with E-state index in [4.69, 9.17) is 0 Å². The van der Waals surface area contributed by atoms with Crippen LogP contribution >= 0.6 is 0 Å². The summed E-state index contributed by atoms with van der Waals surface area (Å²) >= 11 is 0. The van der Waals surface area contributed by atoms with Crippen molar-refractivity contribution in [2.24, 2.45) is 11.8 Å². The molecule has 1 saturated carbocycles. The molecule has 122 valence electrons. The lowest BCUT2D eigenvalue weighted by molar-refractivity contribution is 0.289. The minimum atomic E-state index is 0.434. The van der Waals surface area contributed by atoms with E-state index in [2.05, 4.69) is 19.1 Å². The van der Waals surface area contributed by atoms with Gasteiger partial charge in [-0.3, -0.25) is 0 Å². The zero-order valence-electron chi connectivity index (χ0n) is 14.1. The number of phenolic OH excluding ortho intramolecular Hbond substituents is 1. The molecule has 1 N–H and O–H groups in total. The van der Waals surface area contributed by atoms with Crippen LogP contribution in [0.3, 0.4) is 0 Å². The van der Waals surface area contributed by atoms with Crippen LogP contribution in [0.2, 0.25) is 0 Å². The third-order valence-corrected chi connectivity index (χ3v) is 5.09. The zero-order chi connectivity index (χ0) is 15.6. The smallest absolute Gasteiger partial charge is 0.118 e. The molecule has 0 amide bonds. The van der Waals surface area contributed by atoms with Gasteiger partial charge in [-0.25, -0.2) is 0 Å². The standard InChI is InChI=1S/C21H32O/c1-2-3-4-9-18-14-16-19(17-15-18)10-5-6-11-20-12-7-8-13-21(20)22/h5,7-8,10,12-13,18-19,22H,2-4,6,9,11,14-17H2,1H3. The third kappa shape index (κ3) is 5.87. The van der Waals surface area contributed by atoms with E-state index in [0.717, 1.165) is 30.2 Å². The molecule has 0 aromatic heterocycles. The highest BCUT2D eigenvalue weighted by molar-refractivity contribution is 5.31. The number of benzene rings is 1. The molecular formula is C21H32O. The third-order valence-electron chi connectivity index (χ3n) is 5.09. The van der Waals surface area contributed by atoms with E-state index in [1.807, 2.05) is 18.2 Å². The van der Waals surface area contributed by atoms with Gasteiger partial charge >= 0.3 is 0 Å². The van der Waals surface area contributed by atoms with Crippen molar-refractivity contribution >= 4 is 0 Å². The molecule has 0 unspecified atom stereocenters. The summed E-state index contributed by atoms with van der Waals surface area (Å²) in [6, 6.07) is 7.68. The Labute approximate surface area is 136 Å². The maximum Gasteiger partial charge on any atom is 0.118 e. The fourth-order valence-corrected chi connectivity index (χ4v) is 3.60. The number of allylic oxidation sites excluding steroid dienone is 2. The molecule has 0 atom stereocenters. The number of hydrogen-bond acceptors (Lipinski definition) is 1. The predicted molar refractivity (Wildman–Crippen MR) is 95.2 cm³/mol. The van der Waals surface area contributed by atoms with Gasteiger partial charge in [-0.05, 0) is 62.0 Å². The van der Waals surface area contributed by atoms with Crippen LogP contribution in [-0.2, 0) is 6.42 Å². The number of phenols is 1. The minimum absolute atomic E-state index is 0.434. The van der Waals surface area contributed by atoms with Crippen LogP contribution < -0.4 is 0 Å². The fourth-order valence-electron chi connectivity index (χ4n) is 3.60. The Bertz CT molecular complexity index is 441. The second-order valence-electron chi connectivity index (χ2n) is 6.87. The van der Waals surface area contributed by atoms with Crippen molar-refractivity contribution in [2.45, 2.75) is 71.1 Å². The lowest BCUT2D eigenvalue weighted by Crippen LogP contribution is -2.13. The fraction of sp³-hybridized carbons (Fsp3) is 0.619. The van der Waals surface area contributed by atoms with Gasteiger partial charge in [0, 0.05) is 0 Å². The summed E-state index contributed by atoms with van der Waals surface area (Å²) in [6.45, 7) is 2.29. The maximum absolute atomic E-state index is 9.75. The van der Waals surface area contributed by atoms with Crippen molar-refractivity contribution < 1.29 is 5.11 Å². The first-order valence-electron chi connectivity index (χ1n) is 9.23. The number of aryl methyl sites for hydroxylation is 1. The predicted octanol–water partition coefficient (Wildman–Crippen LogP) is 6.27. The van der Waals surface area contributed by atoms with Crippen LogP contribution in [0.5, 0.6) is 5.75 Å². The van der Waals surface area contributed by atoms with E-state index in [1.165, 1.54) is 51.4 Å². The van der Waals surface area contributed by atoms with Gasteiger partial charge in [-0.1, -0.05) is 63.0 Å². The first-order chi connectivity index (χ1) is 10.8. The molecular weight excluding hydrogens is 268 g/mol. The molecule has 0 saturated heterocycles. The van der Waals surface area contributed by atoms with Crippen LogP contribution in [0, 0.1) is 11.8 Å². The molecule has 1 aromatic rings. The Morgan fingerprint density at radius 2 is 1.86 bits per heavy atom. The number of unbranched alkanes of at least 4 members (excludes halogenated alkanes) is 2. The maximum atomic E-state index is 9.75. The van der Waals surface area contributed by atoms with Gasteiger partial charge in [-0.2, -0.15) is 0 Å². The van der Waals surface area contributed by atoms with E-state index in [-0.39, 0.29) is 0 Å². The SMILES string of the molecule is CCCCCC1CCC(C=CCCc2ccccc2O)CC1. The van der Waals surface area contributed by atoms with Crippen LogP contribution in [0.25, 0.3) is 0 Å². The summed E-state index contributed by atoms with van der Waals surface area (Å²) in [5, 5.41) is 9.75. The Morgan fingerprint density at radius 3 is 2.59 bits per heavy atom. The van der Waals surface area contributed by atoms with Gasteiger partial charge in [0.25, 0.3) is 0 Å². The second kappa shape index (κ2) is 9.71. The molecule has 1 fully saturated rings. The zero-order valence-corrected chi connectivity index (χ0v) is 14.1. The first-order valence-corrected chi connectivity index (χ1v) is 9.23. The van der Waals surface area contributed by atoms with Gasteiger partial charge in [0.2, 0.25) is 0 Å². The van der Waals surface area contributed by atoms with Crippen LogP contribution in [0.15, 0.2) is 36.4 Å². The summed E-state index contributed by atoms with van der Waals surface area (Å²) in [5.74, 6) is 2.23. The summed E-state index contributed by atoms with van der Waals surface area (Å²) in [7, 11) is 0. The summed E-state index contributed by atoms with van der Waals surface area (Å²) in [6.07, 6.45) is 18.0. The van der Waals surface area contributed by atoms with Gasteiger partial charge in [0.1, 0.15) is 5.75 Å². The largest absolute Gasteiger partial charge is 0.508 e. The lowest BCUT2D eigenvalue weighted by Gasteiger charge is -2.26. The van der Waals surface area contributed by atoms with Crippen LogP contribution in [0.4, 0.5) is 0 Å². The number of aromatic hydroxyl groups is 1. The van der Waals surface area contributed by atoms with Gasteiger partial charge in [-0.15, -0.1) is 0 Å². The molecule has 1 aliphatic rings. The van der Waals surface area contributed by atoms with Crippen molar-refractivity contribution in [3.63, 3.8) is 0 Å². The van der Waals surface area contributed by atoms with Crippen molar-refractivity contribution in [1.82, 2.24) is 0 Å². The number of rotatable bonds is 8. The molecule has 22 heavy (non-hydrogen) atoms. The molecule has 1 heteroatoms. The quantitative estimate of drug-likeness (QED) is 0.443. The highest BCUT2D eigenvalue weighted by Crippen LogP contribution is 2.32. The molecule has 1 nitrogen and oxygen atoms in total. The molecule has 0 bridgehead atoms. The highest BCUT2D eigenvalue weighted by atomic mass is 16.3. The molecule has 0 radical (unpaired) electrons. The molecule has 1 aromatic carbocycles. The molecule has 0 spiro atoms. The van der Waals surface area contributed by atoms with Crippen LogP contribution in [-0.4, -0.2) is 5.11 Å². The van der Waals surface area contributed by atoms with E-state index < -0.39 is 0 Å². The van der Waals surface area contributed by atoms with E-state index >= 15 is 0 Å². The average Bonchev–Trinajstić information content (AvgIpc) is 2.55. The van der Waals surface area contributed by atoms with Crippen molar-refractivity contribution in [1.29, 1.82) is 0 Å². The van der Waals surface area contributed by atoms with E-state index in [9.17, 15) is 5.11 Å². The molecule has 1 aliphatic carbocycles. The minimum Gasteiger partial charge on any atom is -0.508 e. The Hall–Kier alpha value is -1.24. The van der Waals surface area contributed by atoms with Crippen molar-refractivity contribution in [2.75, 3.05) is 0 Å². The Kier molecular flexibility index (Phi) is 7.56. The highest BCUT2D eigenvalue weighted by Gasteiger charge is 2.18. The second-order valence-corrected chi connectivity index (χ2v) is 6.87. The molecule has 0 heterocycles. The normalized spacial score (nSPS) is 22.2. The van der Waals surface area contributed by atoms with E-state index in [1.54, 1.807) is 6.07 Å². The van der Waals surface area contributed by atoms with Gasteiger partial charge in [0.05, 0.1) is 0 Å². The van der Waals surface area contributed by atoms with E-state index in [0.29, 0.717) is 5.75 Å². The van der Waals surface area contributed by atoms with Crippen LogP contribution in [0.1, 0.15) is 70.3 Å². The average molecular weight is 300 g/mol. The Morgan fingerprint density at radius 1 is 1.09 bits per heavy atom. The van der Waals surface area contributed by atoms with Gasteiger partial charge in [0.15, 0.2) is 0 Å². The lowest BCUT2D eigenvalue weighted by atomic mass is 9.79. The van der Waals surface area contributed by atoms with Crippen molar-refractivity contribution in [3.8, 4) is 5.75 Å². The topological polar surface area (TPSA) is 20.2 Å². The molecule has 2 rings (SSSR count).